The molecule has 70 valence electrons. The molecule has 0 aromatic carbocycles. The van der Waals surface area contributed by atoms with E-state index < -0.39 is 18.2 Å². The van der Waals surface area contributed by atoms with Crippen molar-refractivity contribution in [3.8, 4) is 0 Å². The normalized spacial score (nSPS) is 36.1. The Kier molecular flexibility index (Phi) is 3.02. The molecule has 0 unspecified atom stereocenters. The molecule has 1 fully saturated rings. The topological polar surface area (TPSA) is 81.6 Å². The highest BCUT2D eigenvalue weighted by atomic mass is 16.3. The highest BCUT2D eigenvalue weighted by Gasteiger charge is 2.30. The molecule has 0 aliphatic carbocycles. The molecule has 4 N–H and O–H groups in total. The zero-order valence-electron chi connectivity index (χ0n) is 6.95. The molecule has 1 amide bonds. The van der Waals surface area contributed by atoms with Crippen LogP contribution in [0.1, 0.15) is 6.92 Å². The third-order valence-electron chi connectivity index (χ3n) is 1.91. The molecule has 5 heteroatoms. The second-order valence-corrected chi connectivity index (χ2v) is 3.02. The second kappa shape index (κ2) is 3.84. The fraction of sp³-hybridized carbons (Fsp3) is 0.857. The van der Waals surface area contributed by atoms with Crippen LogP contribution in [0.5, 0.6) is 0 Å². The maximum Gasteiger partial charge on any atom is 0.217 e. The lowest BCUT2D eigenvalue weighted by Gasteiger charge is -2.33. The molecule has 0 bridgehead atoms. The minimum absolute atomic E-state index is 0.236. The highest BCUT2D eigenvalue weighted by Crippen LogP contribution is 2.04. The van der Waals surface area contributed by atoms with Gasteiger partial charge in [0.25, 0.3) is 0 Å². The van der Waals surface area contributed by atoms with Crippen LogP contribution in [0.25, 0.3) is 0 Å². The van der Waals surface area contributed by atoms with Crippen molar-refractivity contribution in [2.45, 2.75) is 25.2 Å². The molecule has 0 radical (unpaired) electrons. The zero-order chi connectivity index (χ0) is 9.14. The molecule has 0 saturated carbocycles. The molecule has 1 rings (SSSR count). The van der Waals surface area contributed by atoms with Gasteiger partial charge in [0.2, 0.25) is 5.91 Å². The van der Waals surface area contributed by atoms with Crippen LogP contribution in [0.2, 0.25) is 0 Å². The van der Waals surface area contributed by atoms with Gasteiger partial charge in [-0.15, -0.1) is 0 Å². The number of aliphatic hydroxyl groups is 2. The van der Waals surface area contributed by atoms with Crippen molar-refractivity contribution in [2.24, 2.45) is 0 Å². The second-order valence-electron chi connectivity index (χ2n) is 3.02. The van der Waals surface area contributed by atoms with Gasteiger partial charge in [0.15, 0.2) is 0 Å². The van der Waals surface area contributed by atoms with Gasteiger partial charge in [-0.2, -0.15) is 0 Å². The molecule has 3 atom stereocenters. The predicted molar refractivity (Wildman–Crippen MR) is 42.5 cm³/mol. The van der Waals surface area contributed by atoms with E-state index in [1.54, 1.807) is 0 Å². The van der Waals surface area contributed by atoms with Gasteiger partial charge in [-0.1, -0.05) is 0 Å². The van der Waals surface area contributed by atoms with Crippen molar-refractivity contribution in [3.05, 3.63) is 0 Å². The summed E-state index contributed by atoms with van der Waals surface area (Å²) in [5, 5.41) is 24.0. The van der Waals surface area contributed by atoms with Gasteiger partial charge < -0.3 is 20.8 Å². The van der Waals surface area contributed by atoms with Gasteiger partial charge in [0.05, 0.1) is 18.2 Å². The van der Waals surface area contributed by atoms with Crippen LogP contribution in [0.3, 0.4) is 0 Å². The highest BCUT2D eigenvalue weighted by molar-refractivity contribution is 5.73. The molecule has 1 aliphatic rings. The predicted octanol–water partition coefficient (Wildman–Crippen LogP) is -2.18. The summed E-state index contributed by atoms with van der Waals surface area (Å²) < 4.78 is 0. The van der Waals surface area contributed by atoms with E-state index in [2.05, 4.69) is 10.6 Å². The van der Waals surface area contributed by atoms with Crippen LogP contribution < -0.4 is 10.6 Å². The van der Waals surface area contributed by atoms with E-state index in [1.165, 1.54) is 6.92 Å². The fourth-order valence-corrected chi connectivity index (χ4v) is 1.32. The van der Waals surface area contributed by atoms with Gasteiger partial charge in [0.1, 0.15) is 0 Å². The van der Waals surface area contributed by atoms with Crippen LogP contribution in [-0.2, 0) is 4.79 Å². The van der Waals surface area contributed by atoms with Crippen LogP contribution in [0.4, 0.5) is 0 Å². The summed E-state index contributed by atoms with van der Waals surface area (Å²) in [6.45, 7) is 2.17. The molecule has 1 saturated heterocycles. The fourth-order valence-electron chi connectivity index (χ4n) is 1.32. The summed E-state index contributed by atoms with van der Waals surface area (Å²) in [6.07, 6.45) is -1.42. The third kappa shape index (κ3) is 2.17. The first kappa shape index (κ1) is 9.44. The van der Waals surface area contributed by atoms with Crippen LogP contribution >= 0.6 is 0 Å². The first-order valence-corrected chi connectivity index (χ1v) is 3.95. The Bertz CT molecular complexity index is 164. The van der Waals surface area contributed by atoms with Gasteiger partial charge in [0, 0.05) is 20.0 Å². The SMILES string of the molecule is CC(=O)N[C@@H]1[C@H](O)CNC[C@@H]1O. The first-order chi connectivity index (χ1) is 5.61. The van der Waals surface area contributed by atoms with Crippen molar-refractivity contribution in [2.75, 3.05) is 13.1 Å². The molecule has 1 heterocycles. The minimum Gasteiger partial charge on any atom is -0.390 e. The van der Waals surface area contributed by atoms with Crippen LogP contribution in [-0.4, -0.2) is 47.5 Å². The summed E-state index contributed by atoms with van der Waals surface area (Å²) in [5.41, 5.74) is 0. The third-order valence-corrected chi connectivity index (χ3v) is 1.91. The summed E-state index contributed by atoms with van der Waals surface area (Å²) in [7, 11) is 0. The number of amides is 1. The summed E-state index contributed by atoms with van der Waals surface area (Å²) >= 11 is 0. The Labute approximate surface area is 70.8 Å². The van der Waals surface area contributed by atoms with Crippen molar-refractivity contribution < 1.29 is 15.0 Å². The van der Waals surface area contributed by atoms with E-state index >= 15 is 0 Å². The number of rotatable bonds is 1. The number of hydrogen-bond donors (Lipinski definition) is 4. The molecule has 0 aromatic heterocycles. The average Bonchev–Trinajstić information content (AvgIpc) is 1.97. The lowest BCUT2D eigenvalue weighted by Crippen LogP contribution is -2.60. The van der Waals surface area contributed by atoms with Crippen molar-refractivity contribution in [1.82, 2.24) is 10.6 Å². The lowest BCUT2D eigenvalue weighted by atomic mass is 10.0. The smallest absolute Gasteiger partial charge is 0.217 e. The number of aliphatic hydroxyl groups excluding tert-OH is 2. The maximum atomic E-state index is 10.6. The maximum absolute atomic E-state index is 10.6. The molecule has 0 spiro atoms. The quantitative estimate of drug-likeness (QED) is 0.364. The first-order valence-electron chi connectivity index (χ1n) is 3.95. The van der Waals surface area contributed by atoms with E-state index in [0.717, 1.165) is 0 Å². The van der Waals surface area contributed by atoms with Gasteiger partial charge in [-0.25, -0.2) is 0 Å². The van der Waals surface area contributed by atoms with E-state index in [1.807, 2.05) is 0 Å². The lowest BCUT2D eigenvalue weighted by molar-refractivity contribution is -0.122. The van der Waals surface area contributed by atoms with Crippen LogP contribution in [0, 0.1) is 0 Å². The van der Waals surface area contributed by atoms with E-state index in [9.17, 15) is 15.0 Å². The molecule has 0 aromatic rings. The number of β-amino-alcohol motifs (C(OH)–C–C–N with tert-alkyl or cyclic N) is 2. The Morgan fingerprint density at radius 3 is 2.33 bits per heavy atom. The summed E-state index contributed by atoms with van der Waals surface area (Å²) in [6, 6.07) is -0.538. The van der Waals surface area contributed by atoms with E-state index in [0.29, 0.717) is 13.1 Å². The summed E-state index contributed by atoms with van der Waals surface area (Å²) in [5.74, 6) is -0.236. The van der Waals surface area contributed by atoms with E-state index in [4.69, 9.17) is 0 Å². The van der Waals surface area contributed by atoms with Crippen molar-refractivity contribution in [1.29, 1.82) is 0 Å². The number of nitrogens with one attached hydrogen (secondary N) is 2. The van der Waals surface area contributed by atoms with E-state index in [-0.39, 0.29) is 5.91 Å². The average molecular weight is 174 g/mol. The Morgan fingerprint density at radius 1 is 1.42 bits per heavy atom. The van der Waals surface area contributed by atoms with Crippen molar-refractivity contribution >= 4 is 5.91 Å². The molecular formula is C7H14N2O3. The number of hydrogen-bond acceptors (Lipinski definition) is 4. The van der Waals surface area contributed by atoms with Gasteiger partial charge in [-0.05, 0) is 0 Å². The Morgan fingerprint density at radius 2 is 1.92 bits per heavy atom. The molecular weight excluding hydrogens is 160 g/mol. The van der Waals surface area contributed by atoms with Gasteiger partial charge in [-0.3, -0.25) is 4.79 Å². The number of carbonyl (C=O) groups is 1. The standard InChI is InChI=1S/C7H14N2O3/c1-4(10)9-7-5(11)2-8-3-6(7)12/h5-8,11-12H,2-3H2,1H3,(H,9,10)/t5-,6+,7-. The van der Waals surface area contributed by atoms with Crippen molar-refractivity contribution in [3.63, 3.8) is 0 Å². The largest absolute Gasteiger partial charge is 0.390 e. The summed E-state index contributed by atoms with van der Waals surface area (Å²) in [4.78, 5) is 10.6. The number of piperidine rings is 1. The molecule has 12 heavy (non-hydrogen) atoms. The monoisotopic (exact) mass is 174 g/mol. The van der Waals surface area contributed by atoms with Crippen LogP contribution in [0.15, 0.2) is 0 Å². The Balaban J connectivity index is 2.50. The molecule has 1 aliphatic heterocycles. The van der Waals surface area contributed by atoms with Gasteiger partial charge >= 0.3 is 0 Å². The Hall–Kier alpha value is -0.650. The zero-order valence-corrected chi connectivity index (χ0v) is 6.95. The number of carbonyl (C=O) groups excluding carboxylic acids is 1. The minimum atomic E-state index is -0.711. The molecule has 5 nitrogen and oxygen atoms in total.